The number of carbonyl (C=O) groups is 1. The summed E-state index contributed by atoms with van der Waals surface area (Å²) in [5, 5.41) is 4.00. The zero-order valence-corrected chi connectivity index (χ0v) is 20.2. The fraction of sp³-hybridized carbons (Fsp3) is 0.520. The minimum atomic E-state index is -0.207. The van der Waals surface area contributed by atoms with Gasteiger partial charge in [-0.15, -0.1) is 0 Å². The van der Waals surface area contributed by atoms with E-state index in [1.165, 1.54) is 7.11 Å². The molecule has 3 rings (SSSR count). The van der Waals surface area contributed by atoms with Crippen LogP contribution < -0.4 is 10.2 Å². The molecule has 1 aliphatic rings. The molecule has 1 aliphatic heterocycles. The van der Waals surface area contributed by atoms with Crippen molar-refractivity contribution in [2.45, 2.75) is 52.0 Å². The van der Waals surface area contributed by atoms with E-state index in [0.29, 0.717) is 23.5 Å². The van der Waals surface area contributed by atoms with Gasteiger partial charge in [-0.3, -0.25) is 4.79 Å². The number of esters is 1. The maximum Gasteiger partial charge on any atom is 0.306 e. The van der Waals surface area contributed by atoms with Gasteiger partial charge in [-0.05, 0) is 54.5 Å². The van der Waals surface area contributed by atoms with Crippen molar-refractivity contribution in [1.82, 2.24) is 4.98 Å². The molecular formula is C25H34ClN3O3. The average molecular weight is 460 g/mol. The number of nitrogens with one attached hydrogen (secondary N) is 1. The number of hydrogen-bond acceptors (Lipinski definition) is 6. The summed E-state index contributed by atoms with van der Waals surface area (Å²) < 4.78 is 10.5. The van der Waals surface area contributed by atoms with E-state index in [2.05, 4.69) is 47.2 Å². The van der Waals surface area contributed by atoms with Crippen molar-refractivity contribution in [2.75, 3.05) is 37.1 Å². The van der Waals surface area contributed by atoms with E-state index in [4.69, 9.17) is 21.1 Å². The molecule has 1 aromatic carbocycles. The van der Waals surface area contributed by atoms with Gasteiger partial charge in [-0.1, -0.05) is 38.4 Å². The van der Waals surface area contributed by atoms with Crippen molar-refractivity contribution in [3.63, 3.8) is 0 Å². The van der Waals surface area contributed by atoms with Crippen LogP contribution in [0, 0.1) is 5.92 Å². The standard InChI is InChI=1S/C25H34ClN3O3/c1-17(2)16-29(21-9-11-32-12-10-21)23-7-5-19(18(3)13-25(30)31-4)14-22(23)28-20-6-8-24(26)27-15-20/h5-8,14-15,17-18,21,28H,9-13,16H2,1-4H3. The number of methoxy groups -OCH3 is 1. The molecule has 174 valence electrons. The highest BCUT2D eigenvalue weighted by atomic mass is 35.5. The van der Waals surface area contributed by atoms with Crippen LogP contribution in [0.3, 0.4) is 0 Å². The van der Waals surface area contributed by atoms with E-state index in [0.717, 1.165) is 55.2 Å². The molecule has 0 spiro atoms. The van der Waals surface area contributed by atoms with Crippen molar-refractivity contribution in [3.05, 3.63) is 47.2 Å². The molecule has 0 saturated carbocycles. The summed E-state index contributed by atoms with van der Waals surface area (Å²) >= 11 is 5.98. The molecule has 0 bridgehead atoms. The zero-order valence-electron chi connectivity index (χ0n) is 19.4. The van der Waals surface area contributed by atoms with Gasteiger partial charge in [0.2, 0.25) is 0 Å². The third kappa shape index (κ3) is 6.59. The van der Waals surface area contributed by atoms with E-state index in [-0.39, 0.29) is 11.9 Å². The molecule has 1 aromatic heterocycles. The van der Waals surface area contributed by atoms with Crippen molar-refractivity contribution < 1.29 is 14.3 Å². The van der Waals surface area contributed by atoms with Crippen molar-refractivity contribution in [1.29, 1.82) is 0 Å². The lowest BCUT2D eigenvalue weighted by Crippen LogP contribution is -2.42. The summed E-state index contributed by atoms with van der Waals surface area (Å²) in [6, 6.07) is 10.6. The lowest BCUT2D eigenvalue weighted by Gasteiger charge is -2.38. The Bertz CT molecular complexity index is 883. The maximum atomic E-state index is 11.8. The Morgan fingerprint density at radius 2 is 2.00 bits per heavy atom. The van der Waals surface area contributed by atoms with Crippen LogP contribution >= 0.6 is 11.6 Å². The number of anilines is 3. The molecule has 0 radical (unpaired) electrons. The first-order chi connectivity index (χ1) is 15.4. The SMILES string of the molecule is COC(=O)CC(C)c1ccc(N(CC(C)C)C2CCOCC2)c(Nc2ccc(Cl)nc2)c1. The third-order valence-electron chi connectivity index (χ3n) is 5.80. The maximum absolute atomic E-state index is 11.8. The van der Waals surface area contributed by atoms with Crippen molar-refractivity contribution in [3.8, 4) is 0 Å². The van der Waals surface area contributed by atoms with Crippen LogP contribution in [0.4, 0.5) is 17.1 Å². The summed E-state index contributed by atoms with van der Waals surface area (Å²) in [5.41, 5.74) is 4.09. The van der Waals surface area contributed by atoms with Gasteiger partial charge in [0, 0.05) is 25.8 Å². The van der Waals surface area contributed by atoms with Crippen LogP contribution in [0.25, 0.3) is 0 Å². The Labute approximate surface area is 196 Å². The molecule has 1 unspecified atom stereocenters. The van der Waals surface area contributed by atoms with Crippen molar-refractivity contribution in [2.24, 2.45) is 5.92 Å². The number of hydrogen-bond donors (Lipinski definition) is 1. The molecule has 2 heterocycles. The van der Waals surface area contributed by atoms with Crippen LogP contribution in [0.2, 0.25) is 5.15 Å². The van der Waals surface area contributed by atoms with Gasteiger partial charge in [0.05, 0.1) is 36.8 Å². The first kappa shape index (κ1) is 24.3. The van der Waals surface area contributed by atoms with Crippen LogP contribution in [0.5, 0.6) is 0 Å². The number of ether oxygens (including phenoxy) is 2. The normalized spacial score (nSPS) is 15.4. The minimum Gasteiger partial charge on any atom is -0.469 e. The molecule has 7 heteroatoms. The first-order valence-corrected chi connectivity index (χ1v) is 11.7. The van der Waals surface area contributed by atoms with Gasteiger partial charge in [-0.25, -0.2) is 4.98 Å². The topological polar surface area (TPSA) is 63.7 Å². The predicted octanol–water partition coefficient (Wildman–Crippen LogP) is 5.79. The van der Waals surface area contributed by atoms with Crippen LogP contribution in [0.15, 0.2) is 36.5 Å². The highest BCUT2D eigenvalue weighted by molar-refractivity contribution is 6.29. The predicted molar refractivity (Wildman–Crippen MR) is 130 cm³/mol. The molecule has 0 amide bonds. The Morgan fingerprint density at radius 3 is 2.62 bits per heavy atom. The second kappa shape index (κ2) is 11.5. The number of carbonyl (C=O) groups excluding carboxylic acids is 1. The third-order valence-corrected chi connectivity index (χ3v) is 6.02. The summed E-state index contributed by atoms with van der Waals surface area (Å²) in [4.78, 5) is 18.5. The van der Waals surface area contributed by atoms with E-state index in [1.807, 2.05) is 13.0 Å². The monoisotopic (exact) mass is 459 g/mol. The molecule has 32 heavy (non-hydrogen) atoms. The highest BCUT2D eigenvalue weighted by Gasteiger charge is 2.25. The lowest BCUT2D eigenvalue weighted by molar-refractivity contribution is -0.140. The van der Waals surface area contributed by atoms with Gasteiger partial charge in [-0.2, -0.15) is 0 Å². The Balaban J connectivity index is 1.99. The second-order valence-corrected chi connectivity index (χ2v) is 9.23. The average Bonchev–Trinajstić information content (AvgIpc) is 2.79. The Kier molecular flexibility index (Phi) is 8.76. The van der Waals surface area contributed by atoms with Gasteiger partial charge >= 0.3 is 5.97 Å². The quantitative estimate of drug-likeness (QED) is 0.378. The Hall–Kier alpha value is -2.31. The Morgan fingerprint density at radius 1 is 1.25 bits per heavy atom. The summed E-state index contributed by atoms with van der Waals surface area (Å²) in [6.07, 6.45) is 4.09. The molecule has 1 saturated heterocycles. The number of nitrogens with zero attached hydrogens (tertiary/aromatic N) is 2. The largest absolute Gasteiger partial charge is 0.469 e. The smallest absolute Gasteiger partial charge is 0.306 e. The van der Waals surface area contributed by atoms with Gasteiger partial charge in [0.25, 0.3) is 0 Å². The molecule has 1 atom stereocenters. The summed E-state index contributed by atoms with van der Waals surface area (Å²) in [5.74, 6) is 0.351. The van der Waals surface area contributed by atoms with Crippen LogP contribution in [0.1, 0.15) is 51.5 Å². The zero-order chi connectivity index (χ0) is 23.1. The van der Waals surface area contributed by atoms with Gasteiger partial charge in [0.1, 0.15) is 5.15 Å². The first-order valence-electron chi connectivity index (χ1n) is 11.3. The molecule has 1 fully saturated rings. The molecular weight excluding hydrogens is 426 g/mol. The molecule has 0 aliphatic carbocycles. The number of rotatable bonds is 9. The molecule has 1 N–H and O–H groups in total. The summed E-state index contributed by atoms with van der Waals surface area (Å²) in [7, 11) is 1.43. The fourth-order valence-corrected chi connectivity index (χ4v) is 4.21. The van der Waals surface area contributed by atoms with E-state index >= 15 is 0 Å². The summed E-state index contributed by atoms with van der Waals surface area (Å²) in [6.45, 7) is 9.07. The van der Waals surface area contributed by atoms with Gasteiger partial charge < -0.3 is 19.7 Å². The minimum absolute atomic E-state index is 0.0435. The fourth-order valence-electron chi connectivity index (χ4n) is 4.10. The number of halogens is 1. The van der Waals surface area contributed by atoms with E-state index in [9.17, 15) is 4.79 Å². The van der Waals surface area contributed by atoms with Crippen LogP contribution in [-0.2, 0) is 14.3 Å². The van der Waals surface area contributed by atoms with Crippen molar-refractivity contribution >= 4 is 34.6 Å². The van der Waals surface area contributed by atoms with Crippen LogP contribution in [-0.4, -0.2) is 43.9 Å². The number of pyridine rings is 1. The molecule has 2 aromatic rings. The number of benzene rings is 1. The van der Waals surface area contributed by atoms with E-state index < -0.39 is 0 Å². The second-order valence-electron chi connectivity index (χ2n) is 8.84. The van der Waals surface area contributed by atoms with Gasteiger partial charge in [0.15, 0.2) is 0 Å². The lowest BCUT2D eigenvalue weighted by atomic mass is 9.95. The highest BCUT2D eigenvalue weighted by Crippen LogP contribution is 2.36. The number of aromatic nitrogens is 1. The van der Waals surface area contributed by atoms with E-state index in [1.54, 1.807) is 12.3 Å². The molecule has 6 nitrogen and oxygen atoms in total.